The highest BCUT2D eigenvalue weighted by molar-refractivity contribution is 6.32. The Morgan fingerprint density at radius 2 is 2.00 bits per heavy atom. The van der Waals surface area contributed by atoms with Crippen molar-refractivity contribution in [2.75, 3.05) is 11.4 Å². The van der Waals surface area contributed by atoms with E-state index >= 15 is 0 Å². The molecule has 1 unspecified atom stereocenters. The maximum atomic E-state index is 14.9. The normalized spacial score (nSPS) is 17.0. The van der Waals surface area contributed by atoms with Crippen molar-refractivity contribution in [3.8, 4) is 5.69 Å². The van der Waals surface area contributed by atoms with Crippen LogP contribution in [0.2, 0.25) is 5.02 Å². The highest BCUT2D eigenvalue weighted by atomic mass is 35.5. The fourth-order valence-corrected chi connectivity index (χ4v) is 4.19. The van der Waals surface area contributed by atoms with E-state index in [9.17, 15) is 37.1 Å². The number of benzene rings is 1. The summed E-state index contributed by atoms with van der Waals surface area (Å²) in [6.07, 6.45) is -5.43. The lowest BCUT2D eigenvalue weighted by molar-refractivity contribution is -0.153. The molecule has 1 aromatic carbocycles. The van der Waals surface area contributed by atoms with Crippen molar-refractivity contribution in [3.05, 3.63) is 63.2 Å². The van der Waals surface area contributed by atoms with E-state index in [1.807, 2.05) is 0 Å². The third-order valence-electron chi connectivity index (χ3n) is 5.82. The minimum atomic E-state index is -4.75. The van der Waals surface area contributed by atoms with E-state index in [-0.39, 0.29) is 40.5 Å². The average Bonchev–Trinajstić information content (AvgIpc) is 3.15. The van der Waals surface area contributed by atoms with Crippen LogP contribution in [-0.2, 0) is 4.79 Å². The second-order valence-electron chi connectivity index (χ2n) is 8.12. The fourth-order valence-electron chi connectivity index (χ4n) is 3.94. The van der Waals surface area contributed by atoms with Crippen LogP contribution >= 0.6 is 11.6 Å². The molecule has 8 nitrogen and oxygen atoms in total. The number of aliphatic hydroxyl groups is 1. The van der Waals surface area contributed by atoms with Gasteiger partial charge >= 0.3 is 6.18 Å². The molecule has 2 amide bonds. The van der Waals surface area contributed by atoms with Gasteiger partial charge in [-0.2, -0.15) is 13.2 Å². The number of fused-ring (bicyclic) bond motifs is 1. The van der Waals surface area contributed by atoms with Gasteiger partial charge in [0.25, 0.3) is 11.8 Å². The number of alkyl halides is 3. The number of hydrogen-bond donors (Lipinski definition) is 2. The number of carbonyl (C=O) groups excluding carboxylic acids is 2. The molecule has 4 rings (SSSR count). The highest BCUT2D eigenvalue weighted by Gasteiger charge is 2.40. The van der Waals surface area contributed by atoms with Gasteiger partial charge in [0.05, 0.1) is 10.4 Å². The average molecular weight is 527 g/mol. The van der Waals surface area contributed by atoms with Gasteiger partial charge in [-0.05, 0) is 30.7 Å². The second kappa shape index (κ2) is 9.51. The highest BCUT2D eigenvalue weighted by Crippen LogP contribution is 2.29. The van der Waals surface area contributed by atoms with Crippen molar-refractivity contribution in [1.29, 1.82) is 0 Å². The number of rotatable bonds is 5. The predicted molar refractivity (Wildman–Crippen MR) is 123 cm³/mol. The number of halogens is 5. The van der Waals surface area contributed by atoms with E-state index in [4.69, 9.17) is 11.6 Å². The van der Waals surface area contributed by atoms with Gasteiger partial charge in [0.1, 0.15) is 35.0 Å². The smallest absolute Gasteiger partial charge is 0.383 e. The van der Waals surface area contributed by atoms with E-state index in [0.29, 0.717) is 0 Å². The summed E-state index contributed by atoms with van der Waals surface area (Å²) < 4.78 is 55.5. The first kappa shape index (κ1) is 25.6. The SMILES string of the molecule is CCC(NC(=O)c1cn(-c2c(F)cccc2Cl)c2nc(N3CC[C@H](O)C3=O)ccc2c1=O)C(F)(F)F. The van der Waals surface area contributed by atoms with Gasteiger partial charge in [-0.25, -0.2) is 9.37 Å². The molecule has 3 aromatic rings. The summed E-state index contributed by atoms with van der Waals surface area (Å²) in [7, 11) is 0. The predicted octanol–water partition coefficient (Wildman–Crippen LogP) is 3.35. The molecule has 0 radical (unpaired) electrons. The first-order chi connectivity index (χ1) is 16.9. The number of hydrogen-bond acceptors (Lipinski definition) is 5. The summed E-state index contributed by atoms with van der Waals surface area (Å²) in [6, 6.07) is 4.02. The molecule has 0 aliphatic carbocycles. The Bertz CT molecular complexity index is 1410. The molecule has 2 N–H and O–H groups in total. The zero-order valence-electron chi connectivity index (χ0n) is 18.6. The third-order valence-corrected chi connectivity index (χ3v) is 6.13. The number of nitrogens with one attached hydrogen (secondary N) is 1. The van der Waals surface area contributed by atoms with Gasteiger partial charge in [-0.3, -0.25) is 23.9 Å². The monoisotopic (exact) mass is 526 g/mol. The Morgan fingerprint density at radius 1 is 1.28 bits per heavy atom. The molecule has 2 aromatic heterocycles. The lowest BCUT2D eigenvalue weighted by Crippen LogP contribution is -2.46. The van der Waals surface area contributed by atoms with Gasteiger partial charge in [0.2, 0.25) is 5.43 Å². The number of pyridine rings is 2. The zero-order chi connectivity index (χ0) is 26.4. The maximum absolute atomic E-state index is 14.9. The van der Waals surface area contributed by atoms with Crippen molar-refractivity contribution >= 4 is 40.3 Å². The number of aromatic nitrogens is 2. The molecule has 0 saturated carbocycles. The summed E-state index contributed by atoms with van der Waals surface area (Å²) in [5.74, 6) is -2.74. The Kier molecular flexibility index (Phi) is 6.76. The number of carbonyl (C=O) groups is 2. The van der Waals surface area contributed by atoms with E-state index < -0.39 is 53.4 Å². The van der Waals surface area contributed by atoms with E-state index in [1.54, 1.807) is 5.32 Å². The molecule has 190 valence electrons. The fraction of sp³-hybridized carbons (Fsp3) is 0.304. The molecule has 36 heavy (non-hydrogen) atoms. The van der Waals surface area contributed by atoms with Crippen LogP contribution in [0.25, 0.3) is 16.7 Å². The van der Waals surface area contributed by atoms with Crippen LogP contribution in [0.15, 0.2) is 41.3 Å². The first-order valence-corrected chi connectivity index (χ1v) is 11.2. The van der Waals surface area contributed by atoms with Crippen LogP contribution in [0.1, 0.15) is 30.1 Å². The zero-order valence-corrected chi connectivity index (χ0v) is 19.4. The van der Waals surface area contributed by atoms with E-state index in [0.717, 1.165) is 16.8 Å². The van der Waals surface area contributed by atoms with Crippen LogP contribution < -0.4 is 15.6 Å². The van der Waals surface area contributed by atoms with Crippen LogP contribution in [0.3, 0.4) is 0 Å². The molecule has 0 bridgehead atoms. The quantitative estimate of drug-likeness (QED) is 0.496. The lowest BCUT2D eigenvalue weighted by Gasteiger charge is -2.21. The molecular weight excluding hydrogens is 508 g/mol. The first-order valence-electron chi connectivity index (χ1n) is 10.8. The number of anilines is 1. The second-order valence-corrected chi connectivity index (χ2v) is 8.53. The lowest BCUT2D eigenvalue weighted by atomic mass is 10.1. The standard InChI is InChI=1S/C23H19ClF4N4O4/c1-2-16(23(26,27)28)29-21(35)12-10-32(18-13(24)4-3-5-14(18)25)20-11(19(12)34)6-7-17(30-20)31-9-8-15(33)22(31)36/h3-7,10,15-16,33H,2,8-9H2,1H3,(H,29,35)/t15-,16?/m0/s1. The summed E-state index contributed by atoms with van der Waals surface area (Å²) in [5, 5.41) is 11.2. The molecule has 3 heterocycles. The van der Waals surface area contributed by atoms with Gasteiger partial charge in [0, 0.05) is 19.2 Å². The number of para-hydroxylation sites is 1. The Hall–Kier alpha value is -3.51. The minimum Gasteiger partial charge on any atom is -0.383 e. The van der Waals surface area contributed by atoms with Crippen molar-refractivity contribution in [1.82, 2.24) is 14.9 Å². The van der Waals surface area contributed by atoms with E-state index in [2.05, 4.69) is 4.98 Å². The Labute approximate surface area is 206 Å². The third kappa shape index (κ3) is 4.53. The molecule has 1 aliphatic heterocycles. The number of aliphatic hydroxyl groups excluding tert-OH is 1. The van der Waals surface area contributed by atoms with Crippen LogP contribution in [0.4, 0.5) is 23.4 Å². The van der Waals surface area contributed by atoms with Crippen LogP contribution in [-0.4, -0.2) is 51.3 Å². The van der Waals surface area contributed by atoms with Crippen LogP contribution in [0, 0.1) is 5.82 Å². The number of nitrogens with zero attached hydrogens (tertiary/aromatic N) is 3. The minimum absolute atomic E-state index is 0.0463. The summed E-state index contributed by atoms with van der Waals surface area (Å²) >= 11 is 6.20. The molecular formula is C23H19ClF4N4O4. The molecule has 1 aliphatic rings. The van der Waals surface area contributed by atoms with Crippen molar-refractivity contribution < 1.29 is 32.3 Å². The van der Waals surface area contributed by atoms with E-state index in [1.165, 1.54) is 36.1 Å². The number of amides is 2. The molecule has 13 heteroatoms. The largest absolute Gasteiger partial charge is 0.408 e. The van der Waals surface area contributed by atoms with Gasteiger partial charge < -0.3 is 10.4 Å². The molecule has 1 saturated heterocycles. The topological polar surface area (TPSA) is 105 Å². The molecule has 2 atom stereocenters. The maximum Gasteiger partial charge on any atom is 0.408 e. The summed E-state index contributed by atoms with van der Waals surface area (Å²) in [5.41, 5.74) is -2.14. The van der Waals surface area contributed by atoms with Crippen molar-refractivity contribution in [2.45, 2.75) is 38.1 Å². The molecule has 0 spiro atoms. The summed E-state index contributed by atoms with van der Waals surface area (Å²) in [6.45, 7) is 1.36. The van der Waals surface area contributed by atoms with Crippen molar-refractivity contribution in [2.24, 2.45) is 0 Å². The van der Waals surface area contributed by atoms with Crippen LogP contribution in [0.5, 0.6) is 0 Å². The van der Waals surface area contributed by atoms with Crippen molar-refractivity contribution in [3.63, 3.8) is 0 Å². The Balaban J connectivity index is 1.95. The summed E-state index contributed by atoms with van der Waals surface area (Å²) in [4.78, 5) is 43.7. The Morgan fingerprint density at radius 3 is 2.58 bits per heavy atom. The van der Waals surface area contributed by atoms with Gasteiger partial charge in [-0.15, -0.1) is 0 Å². The van der Waals surface area contributed by atoms with Gasteiger partial charge in [-0.1, -0.05) is 24.6 Å². The van der Waals surface area contributed by atoms with Gasteiger partial charge in [0.15, 0.2) is 5.65 Å². The molecule has 1 fully saturated rings.